The molecule has 0 saturated carbocycles. The molecular weight excluding hydrogens is 308 g/mol. The Balaban J connectivity index is 1.58. The summed E-state index contributed by atoms with van der Waals surface area (Å²) in [4.78, 5) is 6.94. The van der Waals surface area contributed by atoms with E-state index in [1.807, 2.05) is 0 Å². The number of methoxy groups -OCH3 is 1. The maximum absolute atomic E-state index is 5.05. The number of piperidine rings is 1. The number of rotatable bonds is 6. The average molecular weight is 332 g/mol. The summed E-state index contributed by atoms with van der Waals surface area (Å²) in [7, 11) is 1.69. The number of nitrogens with zero attached hydrogens (tertiary/aromatic N) is 3. The molecule has 1 aliphatic heterocycles. The number of aromatic nitrogens is 2. The van der Waals surface area contributed by atoms with Gasteiger partial charge in [0, 0.05) is 49.5 Å². The van der Waals surface area contributed by atoms with Gasteiger partial charge >= 0.3 is 0 Å². The fourth-order valence-electron chi connectivity index (χ4n) is 2.75. The zero-order valence-electron chi connectivity index (χ0n) is 13.8. The summed E-state index contributed by atoms with van der Waals surface area (Å²) < 4.78 is 9.38. The molecule has 0 amide bonds. The van der Waals surface area contributed by atoms with Crippen molar-refractivity contribution in [1.29, 1.82) is 0 Å². The maximum Gasteiger partial charge on any atom is 0.207 e. The second kappa shape index (κ2) is 7.75. The van der Waals surface area contributed by atoms with Crippen LogP contribution in [-0.2, 0) is 11.2 Å². The molecule has 2 aromatic rings. The molecule has 1 fully saturated rings. The van der Waals surface area contributed by atoms with Gasteiger partial charge in [-0.15, -0.1) is 0 Å². The quantitative estimate of drug-likeness (QED) is 0.874. The van der Waals surface area contributed by atoms with E-state index in [0.717, 1.165) is 42.1 Å². The van der Waals surface area contributed by atoms with E-state index in [9.17, 15) is 0 Å². The van der Waals surface area contributed by atoms with E-state index in [2.05, 4.69) is 50.8 Å². The molecule has 0 spiro atoms. The molecule has 2 heterocycles. The van der Waals surface area contributed by atoms with Crippen LogP contribution in [0.4, 0.5) is 16.5 Å². The molecule has 1 aliphatic rings. The van der Waals surface area contributed by atoms with E-state index in [4.69, 9.17) is 4.74 Å². The topological polar surface area (TPSA) is 50.3 Å². The van der Waals surface area contributed by atoms with Gasteiger partial charge in [0.15, 0.2) is 0 Å². The largest absolute Gasteiger partial charge is 0.384 e. The van der Waals surface area contributed by atoms with Crippen molar-refractivity contribution in [3.8, 4) is 0 Å². The molecule has 124 valence electrons. The Bertz CT molecular complexity index is 605. The minimum atomic E-state index is 0.652. The van der Waals surface area contributed by atoms with Gasteiger partial charge in [0.25, 0.3) is 0 Å². The number of hydrogen-bond acceptors (Lipinski definition) is 6. The van der Waals surface area contributed by atoms with Crippen molar-refractivity contribution in [1.82, 2.24) is 9.36 Å². The SMILES string of the molecule is COCCc1nsc(Nc2ccc(N3CCC(C)CC3)cc2)n1. The van der Waals surface area contributed by atoms with E-state index in [1.165, 1.54) is 30.1 Å². The number of anilines is 3. The fraction of sp³-hybridized carbons (Fsp3) is 0.529. The van der Waals surface area contributed by atoms with Crippen molar-refractivity contribution >= 4 is 28.0 Å². The van der Waals surface area contributed by atoms with Gasteiger partial charge in [-0.25, -0.2) is 4.98 Å². The van der Waals surface area contributed by atoms with Crippen LogP contribution in [-0.4, -0.2) is 36.2 Å². The minimum Gasteiger partial charge on any atom is -0.384 e. The van der Waals surface area contributed by atoms with Crippen LogP contribution in [0.2, 0.25) is 0 Å². The number of ether oxygens (including phenoxy) is 1. The van der Waals surface area contributed by atoms with E-state index in [1.54, 1.807) is 7.11 Å². The van der Waals surface area contributed by atoms with Crippen LogP contribution in [0.25, 0.3) is 0 Å². The molecule has 5 nitrogen and oxygen atoms in total. The van der Waals surface area contributed by atoms with Crippen molar-refractivity contribution < 1.29 is 4.74 Å². The van der Waals surface area contributed by atoms with Gasteiger partial charge in [-0.1, -0.05) is 6.92 Å². The van der Waals surface area contributed by atoms with E-state index in [-0.39, 0.29) is 0 Å². The highest BCUT2D eigenvalue weighted by Gasteiger charge is 2.15. The Morgan fingerprint density at radius 3 is 2.70 bits per heavy atom. The Morgan fingerprint density at radius 2 is 2.00 bits per heavy atom. The summed E-state index contributed by atoms with van der Waals surface area (Å²) in [6.07, 6.45) is 3.32. The first-order valence-electron chi connectivity index (χ1n) is 8.18. The van der Waals surface area contributed by atoms with E-state index < -0.39 is 0 Å². The first kappa shape index (κ1) is 16.2. The second-order valence-electron chi connectivity index (χ2n) is 6.10. The summed E-state index contributed by atoms with van der Waals surface area (Å²) in [5, 5.41) is 4.15. The molecule has 0 atom stereocenters. The summed E-state index contributed by atoms with van der Waals surface area (Å²) >= 11 is 1.39. The first-order chi connectivity index (χ1) is 11.2. The average Bonchev–Trinajstić information content (AvgIpc) is 3.02. The molecule has 23 heavy (non-hydrogen) atoms. The molecule has 1 N–H and O–H groups in total. The van der Waals surface area contributed by atoms with Crippen molar-refractivity contribution in [2.75, 3.05) is 37.0 Å². The molecule has 3 rings (SSSR count). The third-order valence-electron chi connectivity index (χ3n) is 4.27. The van der Waals surface area contributed by atoms with Gasteiger partial charge < -0.3 is 15.0 Å². The highest BCUT2D eigenvalue weighted by Crippen LogP contribution is 2.25. The van der Waals surface area contributed by atoms with Gasteiger partial charge in [0.2, 0.25) is 5.13 Å². The van der Waals surface area contributed by atoms with Crippen molar-refractivity contribution in [3.63, 3.8) is 0 Å². The normalized spacial score (nSPS) is 15.8. The fourth-order valence-corrected chi connectivity index (χ4v) is 3.38. The van der Waals surface area contributed by atoms with Gasteiger partial charge in [-0.05, 0) is 43.0 Å². The Morgan fingerprint density at radius 1 is 1.26 bits per heavy atom. The molecule has 6 heteroatoms. The lowest BCUT2D eigenvalue weighted by Gasteiger charge is -2.32. The number of benzene rings is 1. The smallest absolute Gasteiger partial charge is 0.207 e. The van der Waals surface area contributed by atoms with Gasteiger partial charge in [0.05, 0.1) is 6.61 Å². The van der Waals surface area contributed by atoms with E-state index in [0.29, 0.717) is 6.61 Å². The van der Waals surface area contributed by atoms with Gasteiger partial charge in [-0.2, -0.15) is 4.37 Å². The highest BCUT2D eigenvalue weighted by atomic mass is 32.1. The molecule has 0 radical (unpaired) electrons. The predicted octanol–water partition coefficient (Wildman–Crippen LogP) is 3.71. The molecule has 1 aromatic heterocycles. The zero-order valence-corrected chi connectivity index (χ0v) is 14.6. The third-order valence-corrected chi connectivity index (χ3v) is 4.93. The molecule has 0 bridgehead atoms. The summed E-state index contributed by atoms with van der Waals surface area (Å²) in [6.45, 7) is 5.31. The standard InChI is InChI=1S/C17H24N4OS/c1-13-7-10-21(11-8-13)15-5-3-14(4-6-15)18-17-19-16(20-23-17)9-12-22-2/h3-6,13H,7-12H2,1-2H3,(H,18,19,20). The van der Waals surface area contributed by atoms with Crippen LogP contribution in [0.15, 0.2) is 24.3 Å². The Labute approximate surface area is 141 Å². The molecule has 0 unspecified atom stereocenters. The second-order valence-corrected chi connectivity index (χ2v) is 6.85. The van der Waals surface area contributed by atoms with Gasteiger partial charge in [-0.3, -0.25) is 0 Å². The van der Waals surface area contributed by atoms with E-state index >= 15 is 0 Å². The Kier molecular flexibility index (Phi) is 5.46. The van der Waals surface area contributed by atoms with Crippen molar-refractivity contribution in [2.45, 2.75) is 26.2 Å². The monoisotopic (exact) mass is 332 g/mol. The lowest BCUT2D eigenvalue weighted by molar-refractivity contribution is 0.201. The lowest BCUT2D eigenvalue weighted by Crippen LogP contribution is -2.32. The van der Waals surface area contributed by atoms with Crippen LogP contribution in [0.3, 0.4) is 0 Å². The zero-order chi connectivity index (χ0) is 16.1. The minimum absolute atomic E-state index is 0.652. The highest BCUT2D eigenvalue weighted by molar-refractivity contribution is 7.09. The summed E-state index contributed by atoms with van der Waals surface area (Å²) in [6, 6.07) is 8.60. The Hall–Kier alpha value is -1.66. The van der Waals surface area contributed by atoms with Gasteiger partial charge in [0.1, 0.15) is 5.82 Å². The van der Waals surface area contributed by atoms with Crippen LogP contribution < -0.4 is 10.2 Å². The summed E-state index contributed by atoms with van der Waals surface area (Å²) in [5.74, 6) is 1.69. The van der Waals surface area contributed by atoms with Crippen molar-refractivity contribution in [2.24, 2.45) is 5.92 Å². The number of hydrogen-bond donors (Lipinski definition) is 1. The first-order valence-corrected chi connectivity index (χ1v) is 8.95. The van der Waals surface area contributed by atoms with Crippen LogP contribution >= 0.6 is 11.5 Å². The third kappa shape index (κ3) is 4.42. The lowest BCUT2D eigenvalue weighted by atomic mass is 9.99. The molecule has 0 aliphatic carbocycles. The number of nitrogens with one attached hydrogen (secondary N) is 1. The summed E-state index contributed by atoms with van der Waals surface area (Å²) in [5.41, 5.74) is 2.36. The molecule has 1 aromatic carbocycles. The van der Waals surface area contributed by atoms with Crippen LogP contribution in [0.5, 0.6) is 0 Å². The molecule has 1 saturated heterocycles. The predicted molar refractivity (Wildman–Crippen MR) is 95.8 cm³/mol. The maximum atomic E-state index is 5.05. The van der Waals surface area contributed by atoms with Crippen LogP contribution in [0, 0.1) is 5.92 Å². The van der Waals surface area contributed by atoms with Crippen molar-refractivity contribution in [3.05, 3.63) is 30.1 Å². The molecular formula is C17H24N4OS. The van der Waals surface area contributed by atoms with Crippen LogP contribution in [0.1, 0.15) is 25.6 Å².